The number of rotatable bonds is 8. The van der Waals surface area contributed by atoms with Crippen molar-refractivity contribution in [2.24, 2.45) is 0 Å². The Labute approximate surface area is 158 Å². The molecule has 6 nitrogen and oxygen atoms in total. The molecule has 0 saturated carbocycles. The Morgan fingerprint density at radius 1 is 1.22 bits per heavy atom. The third-order valence-electron chi connectivity index (χ3n) is 4.11. The molecule has 1 atom stereocenters. The van der Waals surface area contributed by atoms with Crippen LogP contribution in [0, 0.1) is 0 Å². The molecule has 8 heteroatoms. The molecule has 27 heavy (non-hydrogen) atoms. The molecule has 0 aromatic heterocycles. The number of halogens is 1. The van der Waals surface area contributed by atoms with Crippen LogP contribution >= 0.6 is 0 Å². The summed E-state index contributed by atoms with van der Waals surface area (Å²) in [5, 5.41) is 11.9. The molecule has 2 N–H and O–H groups in total. The first-order valence-corrected chi connectivity index (χ1v) is 9.96. The molecule has 1 amide bonds. The third kappa shape index (κ3) is 4.91. The molecule has 0 heterocycles. The Bertz CT molecular complexity index is 902. The van der Waals surface area contributed by atoms with Crippen molar-refractivity contribution < 1.29 is 22.7 Å². The summed E-state index contributed by atoms with van der Waals surface area (Å²) in [5.74, 6) is -0.499. The second-order valence-electron chi connectivity index (χ2n) is 6.06. The molecule has 0 fully saturated rings. The topological polar surface area (TPSA) is 86.7 Å². The van der Waals surface area contributed by atoms with E-state index in [-0.39, 0.29) is 23.6 Å². The summed E-state index contributed by atoms with van der Waals surface area (Å²) in [4.78, 5) is 12.4. The van der Waals surface area contributed by atoms with Gasteiger partial charge in [0.25, 0.3) is 5.91 Å². The number of nitrogens with one attached hydrogen (secondary N) is 1. The number of likely N-dealkylation sites (N-methyl/N-ethyl adjacent to an activating group) is 1. The van der Waals surface area contributed by atoms with Gasteiger partial charge >= 0.3 is 0 Å². The van der Waals surface area contributed by atoms with E-state index in [2.05, 4.69) is 5.32 Å². The Morgan fingerprint density at radius 2 is 1.93 bits per heavy atom. The van der Waals surface area contributed by atoms with E-state index >= 15 is 0 Å². The molecular weight excluding hydrogens is 371 g/mol. The first-order chi connectivity index (χ1) is 12.8. The van der Waals surface area contributed by atoms with Crippen molar-refractivity contribution in [2.75, 3.05) is 18.5 Å². The monoisotopic (exact) mass is 394 g/mol. The summed E-state index contributed by atoms with van der Waals surface area (Å²) < 4.78 is 39.6. The zero-order valence-electron chi connectivity index (χ0n) is 15.2. The molecular formula is C19H23FN2O4S. The molecule has 0 bridgehead atoms. The zero-order chi connectivity index (χ0) is 20.0. The Hall–Kier alpha value is -2.29. The number of nitrogens with zero attached hydrogens (tertiary/aromatic N) is 1. The first-order valence-electron chi connectivity index (χ1n) is 8.52. The predicted octanol–water partition coefficient (Wildman–Crippen LogP) is 2.80. The van der Waals surface area contributed by atoms with Gasteiger partial charge in [-0.05, 0) is 42.8 Å². The fourth-order valence-electron chi connectivity index (χ4n) is 2.68. The standard InChI is InChI=1S/C19H23FN2O4S/c1-3-22(14(2)13-23)27(25,26)18-9-5-7-16(11-18)19(24)21-17-8-4-6-15(10-17)12-20/h4-11,14,23H,3,12-13H2,1-2H3,(H,21,24). The quantitative estimate of drug-likeness (QED) is 0.721. The van der Waals surface area contributed by atoms with E-state index in [1.54, 1.807) is 32.0 Å². The first kappa shape index (κ1) is 21.0. The highest BCUT2D eigenvalue weighted by Crippen LogP contribution is 2.20. The normalized spacial score (nSPS) is 12.8. The number of benzene rings is 2. The average molecular weight is 394 g/mol. The number of aliphatic hydroxyl groups is 1. The number of hydrogen-bond donors (Lipinski definition) is 2. The van der Waals surface area contributed by atoms with Crippen LogP contribution in [0.25, 0.3) is 0 Å². The molecule has 0 radical (unpaired) electrons. The smallest absolute Gasteiger partial charge is 0.255 e. The number of anilines is 1. The summed E-state index contributed by atoms with van der Waals surface area (Å²) >= 11 is 0. The highest BCUT2D eigenvalue weighted by Gasteiger charge is 2.27. The van der Waals surface area contributed by atoms with E-state index in [9.17, 15) is 22.7 Å². The van der Waals surface area contributed by atoms with Gasteiger partial charge in [-0.3, -0.25) is 4.79 Å². The number of alkyl halides is 1. The number of aliphatic hydroxyl groups excluding tert-OH is 1. The lowest BCUT2D eigenvalue weighted by Gasteiger charge is -2.25. The maximum atomic E-state index is 12.8. The molecule has 146 valence electrons. The predicted molar refractivity (Wildman–Crippen MR) is 102 cm³/mol. The van der Waals surface area contributed by atoms with Crippen molar-refractivity contribution in [2.45, 2.75) is 31.5 Å². The minimum atomic E-state index is -3.86. The van der Waals surface area contributed by atoms with E-state index in [4.69, 9.17) is 0 Å². The van der Waals surface area contributed by atoms with E-state index in [1.807, 2.05) is 0 Å². The van der Waals surface area contributed by atoms with Gasteiger partial charge in [-0.2, -0.15) is 4.31 Å². The van der Waals surface area contributed by atoms with E-state index < -0.39 is 28.6 Å². The fourth-order valence-corrected chi connectivity index (χ4v) is 4.36. The van der Waals surface area contributed by atoms with E-state index in [0.717, 1.165) is 0 Å². The summed E-state index contributed by atoms with van der Waals surface area (Å²) in [7, 11) is -3.86. The van der Waals surface area contributed by atoms with Crippen LogP contribution in [0.4, 0.5) is 10.1 Å². The molecule has 0 aliphatic rings. The van der Waals surface area contributed by atoms with Crippen LogP contribution in [-0.2, 0) is 16.7 Å². The van der Waals surface area contributed by atoms with Crippen LogP contribution in [0.1, 0.15) is 29.8 Å². The Balaban J connectivity index is 2.29. The minimum Gasteiger partial charge on any atom is -0.395 e. The van der Waals surface area contributed by atoms with Crippen LogP contribution in [-0.4, -0.2) is 42.9 Å². The van der Waals surface area contributed by atoms with Gasteiger partial charge in [0.2, 0.25) is 10.0 Å². The summed E-state index contributed by atoms with van der Waals surface area (Å²) in [6, 6.07) is 11.5. The molecule has 2 rings (SSSR count). The highest BCUT2D eigenvalue weighted by molar-refractivity contribution is 7.89. The van der Waals surface area contributed by atoms with Crippen molar-refractivity contribution in [3.8, 4) is 0 Å². The van der Waals surface area contributed by atoms with Crippen molar-refractivity contribution in [1.82, 2.24) is 4.31 Å². The van der Waals surface area contributed by atoms with Gasteiger partial charge in [0.1, 0.15) is 6.67 Å². The maximum absolute atomic E-state index is 12.8. The molecule has 0 spiro atoms. The van der Waals surface area contributed by atoms with Crippen molar-refractivity contribution >= 4 is 21.6 Å². The third-order valence-corrected chi connectivity index (χ3v) is 6.19. The molecule has 2 aromatic rings. The van der Waals surface area contributed by atoms with Crippen LogP contribution < -0.4 is 5.32 Å². The van der Waals surface area contributed by atoms with Crippen LogP contribution in [0.5, 0.6) is 0 Å². The van der Waals surface area contributed by atoms with Gasteiger partial charge in [-0.15, -0.1) is 0 Å². The summed E-state index contributed by atoms with van der Waals surface area (Å²) in [5.41, 5.74) is 1.02. The highest BCUT2D eigenvalue weighted by atomic mass is 32.2. The molecule has 0 aliphatic heterocycles. The molecule has 0 aliphatic carbocycles. The van der Waals surface area contributed by atoms with Crippen molar-refractivity contribution in [3.63, 3.8) is 0 Å². The average Bonchev–Trinajstić information content (AvgIpc) is 2.68. The molecule has 1 unspecified atom stereocenters. The van der Waals surface area contributed by atoms with Crippen molar-refractivity contribution in [1.29, 1.82) is 0 Å². The lowest BCUT2D eigenvalue weighted by molar-refractivity contribution is 0.102. The van der Waals surface area contributed by atoms with Crippen LogP contribution in [0.3, 0.4) is 0 Å². The SMILES string of the molecule is CCN(C(C)CO)S(=O)(=O)c1cccc(C(=O)Nc2cccc(CF)c2)c1. The summed E-state index contributed by atoms with van der Waals surface area (Å²) in [6.07, 6.45) is 0. The van der Waals surface area contributed by atoms with Gasteiger partial charge in [0.05, 0.1) is 11.5 Å². The molecule has 0 saturated heterocycles. The Morgan fingerprint density at radius 3 is 2.56 bits per heavy atom. The summed E-state index contributed by atoms with van der Waals surface area (Å²) in [6.45, 7) is 2.52. The van der Waals surface area contributed by atoms with Gasteiger partial charge in [0.15, 0.2) is 0 Å². The lowest BCUT2D eigenvalue weighted by atomic mass is 10.2. The van der Waals surface area contributed by atoms with Crippen LogP contribution in [0.15, 0.2) is 53.4 Å². The van der Waals surface area contributed by atoms with Gasteiger partial charge in [-0.25, -0.2) is 12.8 Å². The fraction of sp³-hybridized carbons (Fsp3) is 0.316. The zero-order valence-corrected chi connectivity index (χ0v) is 16.0. The second-order valence-corrected chi connectivity index (χ2v) is 7.95. The lowest BCUT2D eigenvalue weighted by Crippen LogP contribution is -2.40. The molecule has 2 aromatic carbocycles. The largest absolute Gasteiger partial charge is 0.395 e. The number of sulfonamides is 1. The van der Waals surface area contributed by atoms with E-state index in [0.29, 0.717) is 11.3 Å². The number of hydrogen-bond acceptors (Lipinski definition) is 4. The van der Waals surface area contributed by atoms with Crippen molar-refractivity contribution in [3.05, 3.63) is 59.7 Å². The van der Waals surface area contributed by atoms with Crippen LogP contribution in [0.2, 0.25) is 0 Å². The van der Waals surface area contributed by atoms with Gasteiger partial charge in [-0.1, -0.05) is 25.1 Å². The maximum Gasteiger partial charge on any atom is 0.255 e. The van der Waals surface area contributed by atoms with E-state index in [1.165, 1.54) is 34.6 Å². The second kappa shape index (κ2) is 9.07. The Kier molecular flexibility index (Phi) is 7.06. The number of amides is 1. The minimum absolute atomic E-state index is 0.0326. The van der Waals surface area contributed by atoms with Gasteiger partial charge < -0.3 is 10.4 Å². The number of carbonyl (C=O) groups excluding carboxylic acids is 1. The number of carbonyl (C=O) groups is 1. The van der Waals surface area contributed by atoms with Gasteiger partial charge in [0, 0.05) is 23.8 Å².